The fraction of sp³-hybridized carbons (Fsp3) is 0.867. The third kappa shape index (κ3) is 7.43. The maximum absolute atomic E-state index is 12.1. The summed E-state index contributed by atoms with van der Waals surface area (Å²) in [6.07, 6.45) is 0.535. The number of likely N-dealkylation sites (N-methyl/N-ethyl adjacent to an activating group) is 1. The number of carbonyl (C=O) groups is 2. The van der Waals surface area contributed by atoms with Gasteiger partial charge in [0, 0.05) is 51.2 Å². The highest BCUT2D eigenvalue weighted by Gasteiger charge is 2.22. The van der Waals surface area contributed by atoms with Gasteiger partial charge < -0.3 is 15.5 Å². The Morgan fingerprint density at radius 2 is 1.71 bits per heavy atom. The zero-order chi connectivity index (χ0) is 15.9. The lowest BCUT2D eigenvalue weighted by molar-refractivity contribution is -0.133. The lowest BCUT2D eigenvalue weighted by Gasteiger charge is -2.34. The van der Waals surface area contributed by atoms with Crippen molar-refractivity contribution in [3.05, 3.63) is 0 Å². The van der Waals surface area contributed by atoms with Crippen molar-refractivity contribution in [2.45, 2.75) is 39.7 Å². The van der Waals surface area contributed by atoms with Gasteiger partial charge in [-0.1, -0.05) is 0 Å². The van der Waals surface area contributed by atoms with Gasteiger partial charge in [0.05, 0.1) is 6.54 Å². The fourth-order valence-corrected chi connectivity index (χ4v) is 2.31. The SMILES string of the molecule is CCNC(=O)CN1CCN(C(=O)CCNC(C)(C)C)CC1. The number of piperazine rings is 1. The van der Waals surface area contributed by atoms with Gasteiger partial charge in [0.2, 0.25) is 11.8 Å². The second kappa shape index (κ2) is 8.34. The molecule has 1 saturated heterocycles. The summed E-state index contributed by atoms with van der Waals surface area (Å²) in [6.45, 7) is 13.0. The summed E-state index contributed by atoms with van der Waals surface area (Å²) in [7, 11) is 0. The molecule has 2 N–H and O–H groups in total. The average Bonchev–Trinajstić information content (AvgIpc) is 2.38. The molecule has 122 valence electrons. The number of nitrogens with zero attached hydrogens (tertiary/aromatic N) is 2. The highest BCUT2D eigenvalue weighted by atomic mass is 16.2. The van der Waals surface area contributed by atoms with Gasteiger partial charge in [-0.15, -0.1) is 0 Å². The summed E-state index contributed by atoms with van der Waals surface area (Å²) in [5.74, 6) is 0.260. The number of hydrogen-bond acceptors (Lipinski definition) is 4. The first-order valence-corrected chi connectivity index (χ1v) is 7.83. The minimum Gasteiger partial charge on any atom is -0.355 e. The van der Waals surface area contributed by atoms with Crippen LogP contribution in [0.4, 0.5) is 0 Å². The van der Waals surface area contributed by atoms with E-state index in [1.165, 1.54) is 0 Å². The first-order valence-electron chi connectivity index (χ1n) is 7.83. The van der Waals surface area contributed by atoms with E-state index in [-0.39, 0.29) is 17.4 Å². The van der Waals surface area contributed by atoms with Gasteiger partial charge in [0.15, 0.2) is 0 Å². The van der Waals surface area contributed by atoms with Crippen LogP contribution < -0.4 is 10.6 Å². The predicted octanol–water partition coefficient (Wildman–Crippen LogP) is 0.0449. The van der Waals surface area contributed by atoms with E-state index < -0.39 is 0 Å². The summed E-state index contributed by atoms with van der Waals surface area (Å²) in [6, 6.07) is 0. The van der Waals surface area contributed by atoms with Crippen molar-refractivity contribution in [2.24, 2.45) is 0 Å². The van der Waals surface area contributed by atoms with E-state index in [2.05, 4.69) is 36.3 Å². The monoisotopic (exact) mass is 298 g/mol. The second-order valence-electron chi connectivity index (χ2n) is 6.54. The molecule has 0 bridgehead atoms. The third-order valence-electron chi connectivity index (χ3n) is 3.46. The number of rotatable bonds is 6. The molecular formula is C15H30N4O2. The Kier molecular flexibility index (Phi) is 7.11. The smallest absolute Gasteiger partial charge is 0.234 e. The Hall–Kier alpha value is -1.14. The van der Waals surface area contributed by atoms with Gasteiger partial charge in [-0.3, -0.25) is 14.5 Å². The fourth-order valence-electron chi connectivity index (χ4n) is 2.31. The van der Waals surface area contributed by atoms with Gasteiger partial charge >= 0.3 is 0 Å². The topological polar surface area (TPSA) is 64.7 Å². The van der Waals surface area contributed by atoms with E-state index in [0.29, 0.717) is 39.1 Å². The van der Waals surface area contributed by atoms with E-state index >= 15 is 0 Å². The lowest BCUT2D eigenvalue weighted by Crippen LogP contribution is -2.51. The molecule has 21 heavy (non-hydrogen) atoms. The first-order chi connectivity index (χ1) is 9.81. The van der Waals surface area contributed by atoms with Crippen molar-refractivity contribution >= 4 is 11.8 Å². The van der Waals surface area contributed by atoms with E-state index in [4.69, 9.17) is 0 Å². The molecule has 0 radical (unpaired) electrons. The molecule has 0 aromatic rings. The zero-order valence-corrected chi connectivity index (χ0v) is 13.9. The molecule has 6 heteroatoms. The molecular weight excluding hydrogens is 268 g/mol. The molecule has 0 aromatic heterocycles. The van der Waals surface area contributed by atoms with E-state index in [1.54, 1.807) is 0 Å². The van der Waals surface area contributed by atoms with Crippen molar-refractivity contribution in [3.63, 3.8) is 0 Å². The van der Waals surface area contributed by atoms with Crippen molar-refractivity contribution in [3.8, 4) is 0 Å². The number of hydrogen-bond donors (Lipinski definition) is 2. The van der Waals surface area contributed by atoms with Crippen LogP contribution in [0.1, 0.15) is 34.1 Å². The van der Waals surface area contributed by atoms with Crippen LogP contribution in [0.2, 0.25) is 0 Å². The maximum Gasteiger partial charge on any atom is 0.234 e. The number of carbonyl (C=O) groups excluding carboxylic acids is 2. The number of nitrogens with one attached hydrogen (secondary N) is 2. The average molecular weight is 298 g/mol. The van der Waals surface area contributed by atoms with E-state index in [0.717, 1.165) is 13.1 Å². The Labute approximate surface area is 128 Å². The molecule has 1 aliphatic rings. The van der Waals surface area contributed by atoms with Gasteiger partial charge in [-0.25, -0.2) is 0 Å². The predicted molar refractivity (Wildman–Crippen MR) is 84.1 cm³/mol. The van der Waals surface area contributed by atoms with Gasteiger partial charge in [0.25, 0.3) is 0 Å². The summed E-state index contributed by atoms with van der Waals surface area (Å²) < 4.78 is 0. The van der Waals surface area contributed by atoms with E-state index in [9.17, 15) is 9.59 Å². The molecule has 1 heterocycles. The Morgan fingerprint density at radius 1 is 1.10 bits per heavy atom. The molecule has 0 aliphatic carbocycles. The summed E-state index contributed by atoms with van der Waals surface area (Å²) >= 11 is 0. The van der Waals surface area contributed by atoms with Crippen molar-refractivity contribution < 1.29 is 9.59 Å². The molecule has 6 nitrogen and oxygen atoms in total. The first kappa shape index (κ1) is 17.9. The van der Waals surface area contributed by atoms with Gasteiger partial charge in [0.1, 0.15) is 0 Å². The number of amides is 2. The second-order valence-corrected chi connectivity index (χ2v) is 6.54. The van der Waals surface area contributed by atoms with E-state index in [1.807, 2.05) is 11.8 Å². The molecule has 1 fully saturated rings. The molecule has 1 rings (SSSR count). The Bertz CT molecular complexity index is 344. The van der Waals surface area contributed by atoms with Crippen LogP contribution in [0.3, 0.4) is 0 Å². The van der Waals surface area contributed by atoms with Crippen molar-refractivity contribution in [2.75, 3.05) is 45.8 Å². The molecule has 1 aliphatic heterocycles. The molecule has 0 unspecified atom stereocenters. The molecule has 0 atom stereocenters. The maximum atomic E-state index is 12.1. The standard InChI is InChI=1S/C15H30N4O2/c1-5-16-13(20)12-18-8-10-19(11-9-18)14(21)6-7-17-15(2,3)4/h17H,5-12H2,1-4H3,(H,16,20). The van der Waals surface area contributed by atoms with Crippen LogP contribution >= 0.6 is 0 Å². The van der Waals surface area contributed by atoms with Gasteiger partial charge in [-0.05, 0) is 27.7 Å². The Morgan fingerprint density at radius 3 is 2.24 bits per heavy atom. The summed E-state index contributed by atoms with van der Waals surface area (Å²) in [5.41, 5.74) is 0.0472. The zero-order valence-electron chi connectivity index (χ0n) is 13.9. The molecule has 0 saturated carbocycles. The summed E-state index contributed by atoms with van der Waals surface area (Å²) in [4.78, 5) is 27.6. The molecule has 0 aromatic carbocycles. The van der Waals surface area contributed by atoms with Crippen molar-refractivity contribution in [1.82, 2.24) is 20.4 Å². The van der Waals surface area contributed by atoms with Crippen LogP contribution in [0.15, 0.2) is 0 Å². The molecule has 0 spiro atoms. The van der Waals surface area contributed by atoms with Crippen molar-refractivity contribution in [1.29, 1.82) is 0 Å². The lowest BCUT2D eigenvalue weighted by atomic mass is 10.1. The third-order valence-corrected chi connectivity index (χ3v) is 3.46. The minimum absolute atomic E-state index is 0.0472. The Balaban J connectivity index is 2.23. The highest BCUT2D eigenvalue weighted by Crippen LogP contribution is 2.04. The summed E-state index contributed by atoms with van der Waals surface area (Å²) in [5, 5.41) is 6.13. The van der Waals surface area contributed by atoms with Crippen LogP contribution in [0.5, 0.6) is 0 Å². The quantitative estimate of drug-likeness (QED) is 0.727. The van der Waals surface area contributed by atoms with Crippen LogP contribution in [-0.2, 0) is 9.59 Å². The minimum atomic E-state index is 0.0472. The normalized spacial score (nSPS) is 16.9. The molecule has 2 amide bonds. The largest absolute Gasteiger partial charge is 0.355 e. The van der Waals surface area contributed by atoms with Crippen LogP contribution in [-0.4, -0.2) is 73.0 Å². The van der Waals surface area contributed by atoms with Gasteiger partial charge in [-0.2, -0.15) is 0 Å². The highest BCUT2D eigenvalue weighted by molar-refractivity contribution is 5.78. The van der Waals surface area contributed by atoms with Crippen LogP contribution in [0, 0.1) is 0 Å². The van der Waals surface area contributed by atoms with Crippen LogP contribution in [0.25, 0.3) is 0 Å².